The van der Waals surface area contributed by atoms with E-state index in [4.69, 9.17) is 4.42 Å². The van der Waals surface area contributed by atoms with Crippen molar-refractivity contribution in [2.75, 3.05) is 0 Å². The van der Waals surface area contributed by atoms with Crippen LogP contribution < -0.4 is 0 Å². The minimum Gasteiger partial charge on any atom is -0.466 e. The van der Waals surface area contributed by atoms with Gasteiger partial charge in [-0.15, -0.1) is 0 Å². The van der Waals surface area contributed by atoms with Crippen molar-refractivity contribution in [2.24, 2.45) is 0 Å². The average molecular weight is 281 g/mol. The SMILES string of the molecule is Cc1cc(Br)cc(C)c1-c1ccoc1CO. The molecule has 0 aliphatic carbocycles. The van der Waals surface area contributed by atoms with Gasteiger partial charge in [-0.1, -0.05) is 15.9 Å². The van der Waals surface area contributed by atoms with E-state index in [1.807, 2.05) is 6.07 Å². The Balaban J connectivity index is 2.64. The lowest BCUT2D eigenvalue weighted by atomic mass is 9.96. The molecule has 16 heavy (non-hydrogen) atoms. The third kappa shape index (κ3) is 1.93. The molecule has 0 saturated heterocycles. The Hall–Kier alpha value is -1.06. The number of furan rings is 1. The highest BCUT2D eigenvalue weighted by Crippen LogP contribution is 2.33. The van der Waals surface area contributed by atoms with Crippen molar-refractivity contribution >= 4 is 15.9 Å². The van der Waals surface area contributed by atoms with E-state index in [-0.39, 0.29) is 6.61 Å². The summed E-state index contributed by atoms with van der Waals surface area (Å²) in [5, 5.41) is 9.20. The fraction of sp³-hybridized carbons (Fsp3) is 0.231. The zero-order chi connectivity index (χ0) is 11.7. The summed E-state index contributed by atoms with van der Waals surface area (Å²) < 4.78 is 6.32. The van der Waals surface area contributed by atoms with Crippen LogP contribution in [0.1, 0.15) is 16.9 Å². The lowest BCUT2D eigenvalue weighted by Gasteiger charge is -2.10. The van der Waals surface area contributed by atoms with E-state index in [2.05, 4.69) is 41.9 Å². The maximum Gasteiger partial charge on any atom is 0.136 e. The largest absolute Gasteiger partial charge is 0.466 e. The van der Waals surface area contributed by atoms with E-state index in [9.17, 15) is 5.11 Å². The molecule has 1 heterocycles. The van der Waals surface area contributed by atoms with E-state index in [0.29, 0.717) is 5.76 Å². The van der Waals surface area contributed by atoms with Crippen LogP contribution in [0, 0.1) is 13.8 Å². The maximum absolute atomic E-state index is 9.20. The zero-order valence-electron chi connectivity index (χ0n) is 9.25. The number of aryl methyl sites for hydroxylation is 2. The van der Waals surface area contributed by atoms with Crippen LogP contribution in [-0.4, -0.2) is 5.11 Å². The van der Waals surface area contributed by atoms with Crippen LogP contribution in [0.3, 0.4) is 0 Å². The number of rotatable bonds is 2. The second-order valence-corrected chi connectivity index (χ2v) is 4.75. The fourth-order valence-corrected chi connectivity index (χ4v) is 2.71. The van der Waals surface area contributed by atoms with Gasteiger partial charge in [-0.3, -0.25) is 0 Å². The Morgan fingerprint density at radius 3 is 2.44 bits per heavy atom. The first-order valence-corrected chi connectivity index (χ1v) is 5.87. The van der Waals surface area contributed by atoms with Crippen molar-refractivity contribution in [3.8, 4) is 11.1 Å². The molecule has 0 bridgehead atoms. The Kier molecular flexibility index (Phi) is 3.17. The quantitative estimate of drug-likeness (QED) is 0.907. The Morgan fingerprint density at radius 1 is 1.25 bits per heavy atom. The third-order valence-electron chi connectivity index (χ3n) is 2.66. The number of halogens is 1. The maximum atomic E-state index is 9.20. The fourth-order valence-electron chi connectivity index (χ4n) is 2.02. The van der Waals surface area contributed by atoms with E-state index >= 15 is 0 Å². The van der Waals surface area contributed by atoms with Gasteiger partial charge in [0.25, 0.3) is 0 Å². The van der Waals surface area contributed by atoms with Crippen molar-refractivity contribution < 1.29 is 9.52 Å². The molecule has 0 saturated carbocycles. The molecule has 0 radical (unpaired) electrons. The van der Waals surface area contributed by atoms with Gasteiger partial charge in [-0.2, -0.15) is 0 Å². The number of hydrogen-bond acceptors (Lipinski definition) is 2. The molecule has 1 N–H and O–H groups in total. The highest BCUT2D eigenvalue weighted by molar-refractivity contribution is 9.10. The standard InChI is InChI=1S/C13H13BrO2/c1-8-5-10(14)6-9(2)13(8)11-3-4-16-12(11)7-15/h3-6,15H,7H2,1-2H3. The molecule has 1 aromatic carbocycles. The molecule has 0 atom stereocenters. The summed E-state index contributed by atoms with van der Waals surface area (Å²) in [6.45, 7) is 4.04. The summed E-state index contributed by atoms with van der Waals surface area (Å²) >= 11 is 3.47. The summed E-state index contributed by atoms with van der Waals surface area (Å²) in [6.07, 6.45) is 1.61. The van der Waals surface area contributed by atoms with Gasteiger partial charge in [0.2, 0.25) is 0 Å². The number of hydrogen-bond donors (Lipinski definition) is 1. The van der Waals surface area contributed by atoms with Crippen molar-refractivity contribution in [3.05, 3.63) is 45.8 Å². The second kappa shape index (κ2) is 4.44. The molecule has 2 rings (SSSR count). The van der Waals surface area contributed by atoms with Crippen molar-refractivity contribution in [1.82, 2.24) is 0 Å². The predicted octanol–water partition coefficient (Wildman–Crippen LogP) is 3.82. The summed E-state index contributed by atoms with van der Waals surface area (Å²) in [7, 11) is 0. The summed E-state index contributed by atoms with van der Waals surface area (Å²) in [4.78, 5) is 0. The van der Waals surface area contributed by atoms with Crippen LogP contribution in [0.15, 0.2) is 33.4 Å². The molecule has 0 unspecified atom stereocenters. The Morgan fingerprint density at radius 2 is 1.88 bits per heavy atom. The second-order valence-electron chi connectivity index (χ2n) is 3.83. The van der Waals surface area contributed by atoms with Gasteiger partial charge in [0.05, 0.1) is 6.26 Å². The smallest absolute Gasteiger partial charge is 0.136 e. The third-order valence-corrected chi connectivity index (χ3v) is 3.11. The minimum absolute atomic E-state index is 0.0721. The zero-order valence-corrected chi connectivity index (χ0v) is 10.8. The molecular formula is C13H13BrO2. The first-order valence-electron chi connectivity index (χ1n) is 5.08. The van der Waals surface area contributed by atoms with Crippen LogP contribution in [0.25, 0.3) is 11.1 Å². The number of benzene rings is 1. The van der Waals surface area contributed by atoms with Gasteiger partial charge in [0.1, 0.15) is 12.4 Å². The van der Waals surface area contributed by atoms with Gasteiger partial charge in [0.15, 0.2) is 0 Å². The molecular weight excluding hydrogens is 268 g/mol. The molecule has 0 aliphatic rings. The van der Waals surface area contributed by atoms with Gasteiger partial charge >= 0.3 is 0 Å². The molecule has 0 amide bonds. The summed E-state index contributed by atoms with van der Waals surface area (Å²) in [5.41, 5.74) is 4.46. The highest BCUT2D eigenvalue weighted by atomic mass is 79.9. The van der Waals surface area contributed by atoms with Gasteiger partial charge < -0.3 is 9.52 Å². The van der Waals surface area contributed by atoms with Crippen molar-refractivity contribution in [2.45, 2.75) is 20.5 Å². The first kappa shape index (κ1) is 11.4. The van der Waals surface area contributed by atoms with Crippen LogP contribution >= 0.6 is 15.9 Å². The van der Waals surface area contributed by atoms with Crippen molar-refractivity contribution in [3.63, 3.8) is 0 Å². The van der Waals surface area contributed by atoms with Gasteiger partial charge in [-0.05, 0) is 48.7 Å². The molecule has 3 heteroatoms. The number of aliphatic hydroxyl groups is 1. The van der Waals surface area contributed by atoms with Gasteiger partial charge in [0, 0.05) is 10.0 Å². The van der Waals surface area contributed by atoms with E-state index in [1.165, 1.54) is 11.1 Å². The van der Waals surface area contributed by atoms with Crippen LogP contribution in [-0.2, 0) is 6.61 Å². The summed E-state index contributed by atoms with van der Waals surface area (Å²) in [5.74, 6) is 0.619. The first-order chi connectivity index (χ1) is 7.63. The molecule has 0 fully saturated rings. The van der Waals surface area contributed by atoms with E-state index in [1.54, 1.807) is 6.26 Å². The summed E-state index contributed by atoms with van der Waals surface area (Å²) in [6, 6.07) is 6.03. The van der Waals surface area contributed by atoms with E-state index < -0.39 is 0 Å². The lowest BCUT2D eigenvalue weighted by Crippen LogP contribution is -1.91. The van der Waals surface area contributed by atoms with Crippen LogP contribution in [0.2, 0.25) is 0 Å². The topological polar surface area (TPSA) is 33.4 Å². The Labute approximate surface area is 103 Å². The lowest BCUT2D eigenvalue weighted by molar-refractivity contribution is 0.248. The highest BCUT2D eigenvalue weighted by Gasteiger charge is 2.13. The normalized spacial score (nSPS) is 10.8. The molecule has 0 spiro atoms. The van der Waals surface area contributed by atoms with Crippen LogP contribution in [0.5, 0.6) is 0 Å². The van der Waals surface area contributed by atoms with Crippen LogP contribution in [0.4, 0.5) is 0 Å². The predicted molar refractivity (Wildman–Crippen MR) is 67.2 cm³/mol. The molecule has 2 aromatic rings. The van der Waals surface area contributed by atoms with Crippen molar-refractivity contribution in [1.29, 1.82) is 0 Å². The molecule has 2 nitrogen and oxygen atoms in total. The number of aliphatic hydroxyl groups excluding tert-OH is 1. The molecule has 1 aromatic heterocycles. The van der Waals surface area contributed by atoms with E-state index in [0.717, 1.165) is 15.6 Å². The molecule has 0 aliphatic heterocycles. The molecule has 84 valence electrons. The minimum atomic E-state index is -0.0721. The monoisotopic (exact) mass is 280 g/mol. The van der Waals surface area contributed by atoms with Gasteiger partial charge in [-0.25, -0.2) is 0 Å². The Bertz CT molecular complexity index is 491. The average Bonchev–Trinajstić information content (AvgIpc) is 2.64.